The van der Waals surface area contributed by atoms with Crippen LogP contribution in [0.5, 0.6) is 5.75 Å². The van der Waals surface area contributed by atoms with Crippen LogP contribution in [0.15, 0.2) is 24.3 Å². The van der Waals surface area contributed by atoms with E-state index in [9.17, 15) is 9.59 Å². The first kappa shape index (κ1) is 15.9. The number of primary amides is 1. The number of carbonyl (C=O) groups is 2. The summed E-state index contributed by atoms with van der Waals surface area (Å²) in [7, 11) is 0. The second-order valence-electron chi connectivity index (χ2n) is 6.14. The second-order valence-corrected chi connectivity index (χ2v) is 6.14. The number of nitrogens with zero attached hydrogens (tertiary/aromatic N) is 1. The first-order valence-corrected chi connectivity index (χ1v) is 7.04. The molecule has 120 valence electrons. The highest BCUT2D eigenvalue weighted by Gasteiger charge is 2.35. The normalized spacial score (nSPS) is 15.0. The van der Waals surface area contributed by atoms with E-state index in [0.29, 0.717) is 24.5 Å². The Kier molecular flexibility index (Phi) is 4.44. The topological polar surface area (TPSA) is 93.9 Å². The number of ether oxygens (including phenoxy) is 2. The number of amides is 3. The van der Waals surface area contributed by atoms with Gasteiger partial charge in [0.05, 0.1) is 13.1 Å². The number of carbonyl (C=O) groups excluding carboxylic acids is 2. The molecule has 0 atom stereocenters. The van der Waals surface area contributed by atoms with Gasteiger partial charge in [0.25, 0.3) is 0 Å². The van der Waals surface area contributed by atoms with Crippen LogP contribution in [0.2, 0.25) is 0 Å². The lowest BCUT2D eigenvalue weighted by Crippen LogP contribution is -2.57. The number of nitrogens with two attached hydrogens (primary N) is 1. The van der Waals surface area contributed by atoms with E-state index in [-0.39, 0.29) is 12.2 Å². The molecule has 3 N–H and O–H groups in total. The van der Waals surface area contributed by atoms with Gasteiger partial charge in [0.1, 0.15) is 17.5 Å². The highest BCUT2D eigenvalue weighted by atomic mass is 16.6. The molecule has 0 aliphatic carbocycles. The van der Waals surface area contributed by atoms with Crippen molar-refractivity contribution in [2.24, 2.45) is 5.73 Å². The van der Waals surface area contributed by atoms with Crippen molar-refractivity contribution >= 4 is 17.8 Å². The van der Waals surface area contributed by atoms with Gasteiger partial charge < -0.3 is 25.4 Å². The fourth-order valence-electron chi connectivity index (χ4n) is 1.94. The van der Waals surface area contributed by atoms with Crippen LogP contribution in [-0.4, -0.2) is 41.8 Å². The quantitative estimate of drug-likeness (QED) is 0.895. The van der Waals surface area contributed by atoms with Crippen LogP contribution in [0.25, 0.3) is 0 Å². The average Bonchev–Trinajstić information content (AvgIpc) is 2.32. The summed E-state index contributed by atoms with van der Waals surface area (Å²) in [6.07, 6.45) is -0.379. The number of likely N-dealkylation sites (tertiary alicyclic amines) is 1. The maximum Gasteiger partial charge on any atom is 0.410 e. The van der Waals surface area contributed by atoms with Crippen LogP contribution in [0, 0.1) is 0 Å². The third-order valence-corrected chi connectivity index (χ3v) is 2.92. The molecule has 7 nitrogen and oxygen atoms in total. The van der Waals surface area contributed by atoms with Crippen LogP contribution in [0.4, 0.5) is 15.3 Å². The van der Waals surface area contributed by atoms with E-state index in [0.717, 1.165) is 0 Å². The van der Waals surface area contributed by atoms with E-state index in [1.54, 1.807) is 29.2 Å². The van der Waals surface area contributed by atoms with Gasteiger partial charge in [0, 0.05) is 5.69 Å². The summed E-state index contributed by atoms with van der Waals surface area (Å²) in [5.41, 5.74) is 5.14. The lowest BCUT2D eigenvalue weighted by molar-refractivity contribution is -0.0221. The molecule has 1 heterocycles. The fourth-order valence-corrected chi connectivity index (χ4v) is 1.94. The molecule has 1 aliphatic heterocycles. The van der Waals surface area contributed by atoms with Gasteiger partial charge in [-0.05, 0) is 45.0 Å². The summed E-state index contributed by atoms with van der Waals surface area (Å²) < 4.78 is 11.0. The third kappa shape index (κ3) is 4.54. The van der Waals surface area contributed by atoms with Crippen LogP contribution < -0.4 is 15.8 Å². The lowest BCUT2D eigenvalue weighted by Gasteiger charge is -2.39. The van der Waals surface area contributed by atoms with Crippen molar-refractivity contribution in [3.8, 4) is 5.75 Å². The molecule has 0 unspecified atom stereocenters. The monoisotopic (exact) mass is 307 g/mol. The number of hydrogen-bond acceptors (Lipinski definition) is 4. The Morgan fingerprint density at radius 1 is 1.23 bits per heavy atom. The smallest absolute Gasteiger partial charge is 0.410 e. The van der Waals surface area contributed by atoms with Crippen molar-refractivity contribution < 1.29 is 19.1 Å². The first-order valence-electron chi connectivity index (χ1n) is 7.04. The molecule has 1 aromatic rings. The third-order valence-electron chi connectivity index (χ3n) is 2.92. The van der Waals surface area contributed by atoms with Crippen molar-refractivity contribution in [3.05, 3.63) is 24.3 Å². The van der Waals surface area contributed by atoms with E-state index in [1.165, 1.54) is 0 Å². The van der Waals surface area contributed by atoms with Gasteiger partial charge in [0.15, 0.2) is 0 Å². The molecule has 1 aromatic carbocycles. The number of urea groups is 1. The van der Waals surface area contributed by atoms with Gasteiger partial charge in [-0.2, -0.15) is 0 Å². The molecule has 0 aromatic heterocycles. The first-order chi connectivity index (χ1) is 10.2. The molecule has 3 amide bonds. The number of rotatable bonds is 3. The fraction of sp³-hybridized carbons (Fsp3) is 0.467. The standard InChI is InChI=1S/C15H21N3O4/c1-15(2,3)22-14(20)18-8-12(9-18)21-11-6-4-10(5-7-11)17-13(16)19/h4-7,12H,8-9H2,1-3H3,(H3,16,17,19). The van der Waals surface area contributed by atoms with E-state index < -0.39 is 11.6 Å². The molecule has 0 bridgehead atoms. The Bertz CT molecular complexity index is 545. The van der Waals surface area contributed by atoms with Crippen LogP contribution in [0.3, 0.4) is 0 Å². The minimum Gasteiger partial charge on any atom is -0.487 e. The zero-order valence-corrected chi connectivity index (χ0v) is 13.0. The maximum atomic E-state index is 11.8. The molecular formula is C15H21N3O4. The van der Waals surface area contributed by atoms with Crippen molar-refractivity contribution in [3.63, 3.8) is 0 Å². The van der Waals surface area contributed by atoms with Crippen LogP contribution in [0.1, 0.15) is 20.8 Å². The zero-order chi connectivity index (χ0) is 16.3. The minimum absolute atomic E-state index is 0.0533. The summed E-state index contributed by atoms with van der Waals surface area (Å²) in [5.74, 6) is 0.670. The van der Waals surface area contributed by atoms with Gasteiger partial charge in [-0.15, -0.1) is 0 Å². The Labute approximate surface area is 129 Å². The zero-order valence-electron chi connectivity index (χ0n) is 13.0. The summed E-state index contributed by atoms with van der Waals surface area (Å²) in [6, 6.07) is 6.26. The van der Waals surface area contributed by atoms with Gasteiger partial charge >= 0.3 is 12.1 Å². The minimum atomic E-state index is -0.610. The van der Waals surface area contributed by atoms with Crippen LogP contribution >= 0.6 is 0 Å². The predicted octanol–water partition coefficient (Wildman–Crippen LogP) is 2.18. The van der Waals surface area contributed by atoms with Crippen molar-refractivity contribution in [2.75, 3.05) is 18.4 Å². The molecule has 1 fully saturated rings. The van der Waals surface area contributed by atoms with Crippen molar-refractivity contribution in [2.45, 2.75) is 32.5 Å². The Balaban J connectivity index is 1.78. The molecule has 1 saturated heterocycles. The average molecular weight is 307 g/mol. The summed E-state index contributed by atoms with van der Waals surface area (Å²) in [4.78, 5) is 24.1. The van der Waals surface area contributed by atoms with Crippen molar-refractivity contribution in [1.82, 2.24) is 4.90 Å². The Hall–Kier alpha value is -2.44. The van der Waals surface area contributed by atoms with E-state index in [2.05, 4.69) is 5.32 Å². The molecular weight excluding hydrogens is 286 g/mol. The molecule has 0 saturated carbocycles. The number of hydrogen-bond donors (Lipinski definition) is 2. The number of anilines is 1. The molecule has 0 spiro atoms. The van der Waals surface area contributed by atoms with Gasteiger partial charge in [0.2, 0.25) is 0 Å². The van der Waals surface area contributed by atoms with Gasteiger partial charge in [-0.25, -0.2) is 9.59 Å². The molecule has 1 aliphatic rings. The van der Waals surface area contributed by atoms with Gasteiger partial charge in [-0.3, -0.25) is 0 Å². The van der Waals surface area contributed by atoms with E-state index in [1.807, 2.05) is 20.8 Å². The Morgan fingerprint density at radius 3 is 2.32 bits per heavy atom. The highest BCUT2D eigenvalue weighted by molar-refractivity contribution is 5.87. The van der Waals surface area contributed by atoms with E-state index in [4.69, 9.17) is 15.2 Å². The Morgan fingerprint density at radius 2 is 1.82 bits per heavy atom. The second kappa shape index (κ2) is 6.13. The van der Waals surface area contributed by atoms with Crippen molar-refractivity contribution in [1.29, 1.82) is 0 Å². The van der Waals surface area contributed by atoms with E-state index >= 15 is 0 Å². The van der Waals surface area contributed by atoms with Crippen LogP contribution in [-0.2, 0) is 4.74 Å². The SMILES string of the molecule is CC(C)(C)OC(=O)N1CC(Oc2ccc(NC(N)=O)cc2)C1. The maximum absolute atomic E-state index is 11.8. The molecule has 0 radical (unpaired) electrons. The molecule has 22 heavy (non-hydrogen) atoms. The lowest BCUT2D eigenvalue weighted by atomic mass is 10.1. The number of benzene rings is 1. The predicted molar refractivity (Wildman–Crippen MR) is 81.9 cm³/mol. The highest BCUT2D eigenvalue weighted by Crippen LogP contribution is 2.22. The summed E-state index contributed by atoms with van der Waals surface area (Å²) in [6.45, 7) is 6.49. The summed E-state index contributed by atoms with van der Waals surface area (Å²) >= 11 is 0. The number of nitrogens with one attached hydrogen (secondary N) is 1. The molecule has 7 heteroatoms. The molecule has 2 rings (SSSR count). The largest absolute Gasteiger partial charge is 0.487 e. The van der Waals surface area contributed by atoms with Gasteiger partial charge in [-0.1, -0.05) is 0 Å². The summed E-state index contributed by atoms with van der Waals surface area (Å²) in [5, 5.41) is 2.47.